The van der Waals surface area contributed by atoms with Gasteiger partial charge in [-0.2, -0.15) is 5.10 Å². The van der Waals surface area contributed by atoms with Gasteiger partial charge in [-0.3, -0.25) is 9.89 Å². The number of nitrogens with zero attached hydrogens (tertiary/aromatic N) is 2. The van der Waals surface area contributed by atoms with Gasteiger partial charge in [0.2, 0.25) is 0 Å². The van der Waals surface area contributed by atoms with E-state index in [1.54, 1.807) is 11.8 Å². The molecule has 0 bridgehead atoms. The molecule has 5 nitrogen and oxygen atoms in total. The van der Waals surface area contributed by atoms with Gasteiger partial charge in [-0.15, -0.1) is 0 Å². The van der Waals surface area contributed by atoms with Crippen molar-refractivity contribution in [2.24, 2.45) is 0 Å². The smallest absolute Gasteiger partial charge is 0.263 e. The van der Waals surface area contributed by atoms with Crippen molar-refractivity contribution in [2.45, 2.75) is 45.3 Å². The summed E-state index contributed by atoms with van der Waals surface area (Å²) in [4.78, 5) is 14.7. The van der Waals surface area contributed by atoms with Crippen molar-refractivity contribution >= 4 is 5.91 Å². The fraction of sp³-hybridized carbons (Fsp3) is 0.333. The minimum atomic E-state index is -0.584. The zero-order valence-corrected chi connectivity index (χ0v) is 17.0. The summed E-state index contributed by atoms with van der Waals surface area (Å²) in [6.07, 6.45) is 3.90. The number of aryl methyl sites for hydroxylation is 1. The van der Waals surface area contributed by atoms with E-state index in [1.165, 1.54) is 24.1 Å². The second kappa shape index (κ2) is 8.52. The first-order chi connectivity index (χ1) is 14.1. The standard InChI is InChI=1S/C24H27N3O2/c1-17(29-23-15-9-7-12-19(23)18-10-4-3-5-11-18)24(28)27(2)16-22-20-13-6-8-14-21(20)25-26-22/h3-5,7,9-12,15,17H,6,8,13-14,16H2,1-2H3,(H,25,26). The van der Waals surface area contributed by atoms with E-state index in [9.17, 15) is 4.79 Å². The first kappa shape index (κ1) is 19.2. The lowest BCUT2D eigenvalue weighted by Crippen LogP contribution is -2.37. The van der Waals surface area contributed by atoms with Crippen LogP contribution in [0.1, 0.15) is 36.7 Å². The summed E-state index contributed by atoms with van der Waals surface area (Å²) in [5.74, 6) is 0.658. The maximum absolute atomic E-state index is 13.0. The number of aromatic amines is 1. The lowest BCUT2D eigenvalue weighted by atomic mass is 9.96. The second-order valence-corrected chi connectivity index (χ2v) is 7.65. The summed E-state index contributed by atoms with van der Waals surface area (Å²) in [6, 6.07) is 17.9. The highest BCUT2D eigenvalue weighted by Gasteiger charge is 2.24. The molecule has 1 aliphatic rings. The maximum atomic E-state index is 13.0. The Morgan fingerprint density at radius 1 is 1.10 bits per heavy atom. The van der Waals surface area contributed by atoms with Crippen LogP contribution in [0.15, 0.2) is 54.6 Å². The molecule has 0 radical (unpaired) electrons. The Morgan fingerprint density at radius 3 is 2.66 bits per heavy atom. The molecule has 0 saturated heterocycles. The van der Waals surface area contributed by atoms with Gasteiger partial charge in [-0.25, -0.2) is 0 Å². The molecular weight excluding hydrogens is 362 g/mol. The number of carbonyl (C=O) groups excluding carboxylic acids is 1. The summed E-state index contributed by atoms with van der Waals surface area (Å²) in [7, 11) is 1.81. The van der Waals surface area contributed by atoms with Gasteiger partial charge < -0.3 is 9.64 Å². The SMILES string of the molecule is CC(Oc1ccccc1-c1ccccc1)C(=O)N(C)Cc1n[nH]c2c1CCCC2. The van der Waals surface area contributed by atoms with Crippen molar-refractivity contribution < 1.29 is 9.53 Å². The van der Waals surface area contributed by atoms with Gasteiger partial charge in [0.05, 0.1) is 12.2 Å². The first-order valence-corrected chi connectivity index (χ1v) is 10.2. The topological polar surface area (TPSA) is 58.2 Å². The number of amides is 1. The summed E-state index contributed by atoms with van der Waals surface area (Å²) < 4.78 is 6.10. The maximum Gasteiger partial charge on any atom is 0.263 e. The molecule has 1 atom stereocenters. The van der Waals surface area contributed by atoms with Gasteiger partial charge in [0.1, 0.15) is 5.75 Å². The van der Waals surface area contributed by atoms with Gasteiger partial charge in [-0.1, -0.05) is 48.5 Å². The Morgan fingerprint density at radius 2 is 1.83 bits per heavy atom. The molecule has 29 heavy (non-hydrogen) atoms. The molecule has 3 aromatic rings. The van der Waals surface area contributed by atoms with E-state index in [-0.39, 0.29) is 5.91 Å². The number of nitrogens with one attached hydrogen (secondary N) is 1. The zero-order valence-electron chi connectivity index (χ0n) is 17.0. The summed E-state index contributed by atoms with van der Waals surface area (Å²) in [5, 5.41) is 7.60. The Hall–Kier alpha value is -3.08. The number of hydrogen-bond donors (Lipinski definition) is 1. The number of carbonyl (C=O) groups is 1. The molecule has 150 valence electrons. The van der Waals surface area contributed by atoms with Crippen molar-refractivity contribution in [1.29, 1.82) is 0 Å². The van der Waals surface area contributed by atoms with E-state index in [0.717, 1.165) is 29.7 Å². The zero-order chi connectivity index (χ0) is 20.2. The van der Waals surface area contributed by atoms with E-state index in [1.807, 2.05) is 61.6 Å². The van der Waals surface area contributed by atoms with Crippen LogP contribution in [0.3, 0.4) is 0 Å². The predicted molar refractivity (Wildman–Crippen MR) is 114 cm³/mol. The molecule has 1 heterocycles. The third kappa shape index (κ3) is 4.19. The van der Waals surface area contributed by atoms with Crippen LogP contribution in [0.5, 0.6) is 5.75 Å². The minimum Gasteiger partial charge on any atom is -0.480 e. The summed E-state index contributed by atoms with van der Waals surface area (Å²) >= 11 is 0. The lowest BCUT2D eigenvalue weighted by molar-refractivity contribution is -0.137. The number of aromatic nitrogens is 2. The van der Waals surface area contributed by atoms with Crippen LogP contribution in [-0.4, -0.2) is 34.2 Å². The van der Waals surface area contributed by atoms with Gasteiger partial charge >= 0.3 is 0 Å². The molecule has 2 aromatic carbocycles. The van der Waals surface area contributed by atoms with Gasteiger partial charge in [0.15, 0.2) is 6.10 Å². The molecule has 0 fully saturated rings. The number of rotatable bonds is 6. The number of H-pyrrole nitrogens is 1. The average Bonchev–Trinajstić information content (AvgIpc) is 3.17. The number of ether oxygens (including phenoxy) is 1. The predicted octanol–water partition coefficient (Wildman–Crippen LogP) is 4.38. The van der Waals surface area contributed by atoms with E-state index in [4.69, 9.17) is 4.74 Å². The fourth-order valence-corrected chi connectivity index (χ4v) is 3.96. The number of hydrogen-bond acceptors (Lipinski definition) is 3. The summed E-state index contributed by atoms with van der Waals surface area (Å²) in [6.45, 7) is 2.30. The quantitative estimate of drug-likeness (QED) is 0.681. The number of benzene rings is 2. The number of fused-ring (bicyclic) bond motifs is 1. The van der Waals surface area contributed by atoms with E-state index >= 15 is 0 Å². The van der Waals surface area contributed by atoms with Crippen LogP contribution in [0.4, 0.5) is 0 Å². The third-order valence-electron chi connectivity index (χ3n) is 5.53. The number of likely N-dealkylation sites (N-methyl/N-ethyl adjacent to an activating group) is 1. The van der Waals surface area contributed by atoms with Crippen LogP contribution < -0.4 is 4.74 Å². The molecule has 1 aromatic heterocycles. The van der Waals surface area contributed by atoms with Crippen molar-refractivity contribution in [2.75, 3.05) is 7.05 Å². The van der Waals surface area contributed by atoms with Gasteiger partial charge in [-0.05, 0) is 49.8 Å². The third-order valence-corrected chi connectivity index (χ3v) is 5.53. The molecule has 1 aliphatic carbocycles. The second-order valence-electron chi connectivity index (χ2n) is 7.65. The van der Waals surface area contributed by atoms with Crippen molar-refractivity contribution in [3.8, 4) is 16.9 Å². The molecule has 4 rings (SSSR count). The van der Waals surface area contributed by atoms with E-state index in [0.29, 0.717) is 12.3 Å². The molecule has 0 aliphatic heterocycles. The molecule has 1 N–H and O–H groups in total. The molecule has 0 saturated carbocycles. The molecule has 5 heteroatoms. The van der Waals surface area contributed by atoms with Crippen LogP contribution in [0.2, 0.25) is 0 Å². The fourth-order valence-electron chi connectivity index (χ4n) is 3.96. The molecule has 1 unspecified atom stereocenters. The molecule has 0 spiro atoms. The van der Waals surface area contributed by atoms with E-state index < -0.39 is 6.10 Å². The van der Waals surface area contributed by atoms with Crippen molar-refractivity contribution in [3.63, 3.8) is 0 Å². The minimum absolute atomic E-state index is 0.0552. The summed E-state index contributed by atoms with van der Waals surface area (Å²) in [5.41, 5.74) is 5.55. The highest BCUT2D eigenvalue weighted by atomic mass is 16.5. The van der Waals surface area contributed by atoms with Crippen LogP contribution in [0, 0.1) is 0 Å². The number of para-hydroxylation sites is 1. The Balaban J connectivity index is 1.46. The average molecular weight is 389 g/mol. The van der Waals surface area contributed by atoms with Gasteiger partial charge in [0, 0.05) is 18.3 Å². The highest BCUT2D eigenvalue weighted by Crippen LogP contribution is 2.30. The molecular formula is C24H27N3O2. The van der Waals surface area contributed by atoms with Crippen molar-refractivity contribution in [3.05, 3.63) is 71.5 Å². The van der Waals surface area contributed by atoms with Crippen LogP contribution >= 0.6 is 0 Å². The van der Waals surface area contributed by atoms with Gasteiger partial charge in [0.25, 0.3) is 5.91 Å². The first-order valence-electron chi connectivity index (χ1n) is 10.2. The lowest BCUT2D eigenvalue weighted by Gasteiger charge is -2.23. The van der Waals surface area contributed by atoms with Crippen molar-refractivity contribution in [1.82, 2.24) is 15.1 Å². The Kier molecular flexibility index (Phi) is 5.65. The largest absolute Gasteiger partial charge is 0.480 e. The Bertz CT molecular complexity index is 981. The van der Waals surface area contributed by atoms with Crippen LogP contribution in [0.25, 0.3) is 11.1 Å². The molecule has 1 amide bonds. The Labute approximate surface area is 171 Å². The normalized spacial score (nSPS) is 14.1. The van der Waals surface area contributed by atoms with Crippen LogP contribution in [-0.2, 0) is 24.2 Å². The highest BCUT2D eigenvalue weighted by molar-refractivity contribution is 5.81. The monoisotopic (exact) mass is 389 g/mol. The van der Waals surface area contributed by atoms with E-state index in [2.05, 4.69) is 10.2 Å².